The molecule has 4 aromatic rings. The fourth-order valence-electron chi connectivity index (χ4n) is 3.07. The van der Waals surface area contributed by atoms with Crippen LogP contribution in [0, 0.1) is 0 Å². The highest BCUT2D eigenvalue weighted by atomic mass is 35.5. The van der Waals surface area contributed by atoms with E-state index in [0.717, 1.165) is 5.56 Å². The van der Waals surface area contributed by atoms with Crippen molar-refractivity contribution in [1.29, 1.82) is 0 Å². The number of carbonyl (C=O) groups is 1. The standard InChI is InChI=1S/C22H20Cl2N6O3S2/c1-11(20(31)27-21-26-16(10-34-21)12-4-6-14(23)15(24)8-12)35-22-29-28-19(30(22)25)13-5-7-17(32-2)18(9-13)33-3/h4-11H,25H2,1-3H3,(H,26,27,31)/t11-/m1/s1. The second-order valence-corrected chi connectivity index (χ2v) is 10.1. The number of thioether (sulfide) groups is 1. The number of aromatic nitrogens is 4. The summed E-state index contributed by atoms with van der Waals surface area (Å²) in [6.45, 7) is 1.75. The molecule has 0 saturated heterocycles. The van der Waals surface area contributed by atoms with Gasteiger partial charge in [-0.05, 0) is 37.3 Å². The highest BCUT2D eigenvalue weighted by molar-refractivity contribution is 8.00. The zero-order chi connectivity index (χ0) is 25.1. The molecule has 0 unspecified atom stereocenters. The number of nitrogens with one attached hydrogen (secondary N) is 1. The van der Waals surface area contributed by atoms with E-state index in [2.05, 4.69) is 20.5 Å². The molecule has 0 aliphatic rings. The second kappa shape index (κ2) is 10.7. The number of nitrogens with two attached hydrogens (primary N) is 1. The van der Waals surface area contributed by atoms with Gasteiger partial charge in [0, 0.05) is 16.5 Å². The van der Waals surface area contributed by atoms with Crippen molar-refractivity contribution in [2.24, 2.45) is 0 Å². The van der Waals surface area contributed by atoms with Crippen LogP contribution in [-0.4, -0.2) is 45.2 Å². The first-order valence-electron chi connectivity index (χ1n) is 10.1. The Morgan fingerprint density at radius 3 is 2.54 bits per heavy atom. The lowest BCUT2D eigenvalue weighted by molar-refractivity contribution is -0.115. The van der Waals surface area contributed by atoms with Crippen molar-refractivity contribution in [3.8, 4) is 34.1 Å². The monoisotopic (exact) mass is 550 g/mol. The third kappa shape index (κ3) is 5.48. The number of methoxy groups -OCH3 is 2. The summed E-state index contributed by atoms with van der Waals surface area (Å²) in [5.74, 6) is 7.53. The van der Waals surface area contributed by atoms with E-state index in [1.54, 1.807) is 51.5 Å². The number of amides is 1. The summed E-state index contributed by atoms with van der Waals surface area (Å²) in [5, 5.41) is 14.2. The van der Waals surface area contributed by atoms with Gasteiger partial charge in [0.05, 0.1) is 35.2 Å². The summed E-state index contributed by atoms with van der Waals surface area (Å²) in [6.07, 6.45) is 0. The van der Waals surface area contributed by atoms with E-state index in [1.807, 2.05) is 11.4 Å². The van der Waals surface area contributed by atoms with Crippen LogP contribution in [0.15, 0.2) is 46.9 Å². The minimum atomic E-state index is -0.517. The smallest absolute Gasteiger partial charge is 0.239 e. The van der Waals surface area contributed by atoms with Crippen molar-refractivity contribution in [2.45, 2.75) is 17.3 Å². The van der Waals surface area contributed by atoms with Gasteiger partial charge in [-0.2, -0.15) is 0 Å². The molecule has 0 aliphatic carbocycles. The Morgan fingerprint density at radius 2 is 1.83 bits per heavy atom. The number of anilines is 1. The molecule has 9 nitrogen and oxygen atoms in total. The number of ether oxygens (including phenoxy) is 2. The third-order valence-corrected chi connectivity index (χ3v) is 7.46. The minimum Gasteiger partial charge on any atom is -0.493 e. The van der Waals surface area contributed by atoms with Crippen LogP contribution in [0.5, 0.6) is 11.5 Å². The molecule has 2 heterocycles. The maximum absolute atomic E-state index is 12.8. The van der Waals surface area contributed by atoms with Gasteiger partial charge in [0.15, 0.2) is 22.5 Å². The number of nitrogens with zero attached hydrogens (tertiary/aromatic N) is 4. The van der Waals surface area contributed by atoms with Crippen LogP contribution in [0.2, 0.25) is 10.0 Å². The summed E-state index contributed by atoms with van der Waals surface area (Å²) >= 11 is 14.6. The molecular weight excluding hydrogens is 531 g/mol. The number of benzene rings is 2. The molecule has 0 bridgehead atoms. The fourth-order valence-corrected chi connectivity index (χ4v) is 4.86. The van der Waals surface area contributed by atoms with E-state index in [9.17, 15) is 4.79 Å². The lowest BCUT2D eigenvalue weighted by Gasteiger charge is -2.11. The molecule has 2 aromatic heterocycles. The maximum Gasteiger partial charge on any atom is 0.239 e. The molecule has 35 heavy (non-hydrogen) atoms. The Labute approximate surface area is 219 Å². The number of hydrogen-bond acceptors (Lipinski definition) is 9. The van der Waals surface area contributed by atoms with E-state index in [-0.39, 0.29) is 5.91 Å². The molecule has 1 atom stereocenters. The van der Waals surface area contributed by atoms with Gasteiger partial charge < -0.3 is 20.6 Å². The normalized spacial score (nSPS) is 11.8. The lowest BCUT2D eigenvalue weighted by Crippen LogP contribution is -2.23. The second-order valence-electron chi connectivity index (χ2n) is 7.16. The van der Waals surface area contributed by atoms with Gasteiger partial charge in [-0.1, -0.05) is 41.0 Å². The third-order valence-electron chi connectivity index (χ3n) is 4.91. The molecule has 13 heteroatoms. The molecule has 0 radical (unpaired) electrons. The van der Waals surface area contributed by atoms with Gasteiger partial charge in [-0.3, -0.25) is 4.79 Å². The van der Waals surface area contributed by atoms with Crippen molar-refractivity contribution in [3.05, 3.63) is 51.8 Å². The summed E-state index contributed by atoms with van der Waals surface area (Å²) in [5.41, 5.74) is 2.18. The van der Waals surface area contributed by atoms with Crippen LogP contribution in [0.3, 0.4) is 0 Å². The molecule has 0 aliphatic heterocycles. The minimum absolute atomic E-state index is 0.249. The lowest BCUT2D eigenvalue weighted by atomic mass is 10.2. The van der Waals surface area contributed by atoms with Crippen LogP contribution in [0.4, 0.5) is 5.13 Å². The van der Waals surface area contributed by atoms with Crippen LogP contribution in [0.25, 0.3) is 22.6 Å². The Hall–Kier alpha value is -2.99. The molecular formula is C22H20Cl2N6O3S2. The van der Waals surface area contributed by atoms with Gasteiger partial charge in [-0.15, -0.1) is 21.5 Å². The Balaban J connectivity index is 1.44. The van der Waals surface area contributed by atoms with Crippen LogP contribution in [0.1, 0.15) is 6.92 Å². The van der Waals surface area contributed by atoms with Gasteiger partial charge in [0.25, 0.3) is 0 Å². The number of thiazole rings is 1. The number of carbonyl (C=O) groups excluding carboxylic acids is 1. The van der Waals surface area contributed by atoms with Gasteiger partial charge in [0.2, 0.25) is 11.1 Å². The van der Waals surface area contributed by atoms with E-state index in [0.29, 0.717) is 48.9 Å². The largest absolute Gasteiger partial charge is 0.493 e. The van der Waals surface area contributed by atoms with Crippen molar-refractivity contribution in [3.63, 3.8) is 0 Å². The summed E-state index contributed by atoms with van der Waals surface area (Å²) < 4.78 is 11.9. The molecule has 0 spiro atoms. The molecule has 4 rings (SSSR count). The molecule has 0 fully saturated rings. The van der Waals surface area contributed by atoms with Gasteiger partial charge in [0.1, 0.15) is 0 Å². The van der Waals surface area contributed by atoms with E-state index in [4.69, 9.17) is 38.5 Å². The molecule has 2 aromatic carbocycles. The highest BCUT2D eigenvalue weighted by Crippen LogP contribution is 2.33. The average molecular weight is 551 g/mol. The average Bonchev–Trinajstić information content (AvgIpc) is 3.47. The van der Waals surface area contributed by atoms with Crippen molar-refractivity contribution in [1.82, 2.24) is 19.9 Å². The van der Waals surface area contributed by atoms with Crippen molar-refractivity contribution in [2.75, 3.05) is 25.4 Å². The van der Waals surface area contributed by atoms with Crippen molar-refractivity contribution >= 4 is 57.3 Å². The Bertz CT molecular complexity index is 1380. The number of halogens is 2. The topological polar surface area (TPSA) is 117 Å². The number of rotatable bonds is 8. The summed E-state index contributed by atoms with van der Waals surface area (Å²) in [6, 6.07) is 10.6. The molecule has 182 valence electrons. The van der Waals surface area contributed by atoms with Crippen molar-refractivity contribution < 1.29 is 14.3 Å². The van der Waals surface area contributed by atoms with Crippen LogP contribution < -0.4 is 20.6 Å². The van der Waals surface area contributed by atoms with E-state index in [1.165, 1.54) is 27.8 Å². The fraction of sp³-hybridized carbons (Fsp3) is 0.182. The highest BCUT2D eigenvalue weighted by Gasteiger charge is 2.21. The van der Waals surface area contributed by atoms with Crippen LogP contribution in [-0.2, 0) is 4.79 Å². The first-order valence-corrected chi connectivity index (χ1v) is 12.6. The molecule has 3 N–H and O–H groups in total. The number of hydrogen-bond donors (Lipinski definition) is 2. The quantitative estimate of drug-likeness (QED) is 0.226. The van der Waals surface area contributed by atoms with E-state index < -0.39 is 5.25 Å². The molecule has 1 amide bonds. The zero-order valence-electron chi connectivity index (χ0n) is 18.8. The van der Waals surface area contributed by atoms with Gasteiger partial charge >= 0.3 is 0 Å². The first kappa shape index (κ1) is 25.1. The predicted octanol–water partition coefficient (Wildman–Crippen LogP) is 5.23. The Morgan fingerprint density at radius 1 is 1.09 bits per heavy atom. The zero-order valence-corrected chi connectivity index (χ0v) is 21.9. The van der Waals surface area contributed by atoms with Crippen LogP contribution >= 0.6 is 46.3 Å². The predicted molar refractivity (Wildman–Crippen MR) is 140 cm³/mol. The summed E-state index contributed by atoms with van der Waals surface area (Å²) in [4.78, 5) is 17.2. The summed E-state index contributed by atoms with van der Waals surface area (Å²) in [7, 11) is 3.11. The SMILES string of the molecule is COc1ccc(-c2nnc(S[C@H](C)C(=O)Nc3nc(-c4ccc(Cl)c(Cl)c4)cs3)n2N)cc1OC. The number of nitrogen functional groups attached to an aromatic ring is 1. The Kier molecular flexibility index (Phi) is 7.70. The van der Waals surface area contributed by atoms with E-state index >= 15 is 0 Å². The first-order chi connectivity index (χ1) is 16.8. The maximum atomic E-state index is 12.8. The molecule has 0 saturated carbocycles. The van der Waals surface area contributed by atoms with Gasteiger partial charge in [-0.25, -0.2) is 9.66 Å².